The van der Waals surface area contributed by atoms with E-state index < -0.39 is 0 Å². The maximum atomic E-state index is 12.5. The van der Waals surface area contributed by atoms with Crippen molar-refractivity contribution in [1.29, 1.82) is 0 Å². The van der Waals surface area contributed by atoms with Crippen LogP contribution in [-0.2, 0) is 22.4 Å². The molecule has 2 heterocycles. The number of amides is 2. The fraction of sp³-hybridized carbons (Fsp3) is 0.375. The number of aryl methyl sites for hydroxylation is 2. The number of urea groups is 1. The van der Waals surface area contributed by atoms with Crippen LogP contribution in [0.15, 0.2) is 42.1 Å². The molecule has 1 aromatic carbocycles. The Bertz CT molecular complexity index is 1020. The fourth-order valence-corrected chi connectivity index (χ4v) is 4.54. The van der Waals surface area contributed by atoms with Crippen LogP contribution in [0.2, 0.25) is 5.02 Å². The molecule has 2 aliphatic rings. The Kier molecular flexibility index (Phi) is 6.56. The van der Waals surface area contributed by atoms with Crippen molar-refractivity contribution >= 4 is 29.2 Å². The maximum Gasteiger partial charge on any atom is 0.317 e. The summed E-state index contributed by atoms with van der Waals surface area (Å²) in [5.41, 5.74) is 7.27. The van der Waals surface area contributed by atoms with Gasteiger partial charge in [0.2, 0.25) is 0 Å². The van der Waals surface area contributed by atoms with E-state index >= 15 is 0 Å². The van der Waals surface area contributed by atoms with Gasteiger partial charge in [-0.3, -0.25) is 9.78 Å². The van der Waals surface area contributed by atoms with Gasteiger partial charge in [-0.05, 0) is 60.6 Å². The summed E-state index contributed by atoms with van der Waals surface area (Å²) in [6, 6.07) is 10.1. The summed E-state index contributed by atoms with van der Waals surface area (Å²) in [4.78, 5) is 30.2. The second-order valence-corrected chi connectivity index (χ2v) is 8.27. The Morgan fingerprint density at radius 3 is 2.68 bits per heavy atom. The summed E-state index contributed by atoms with van der Waals surface area (Å²) in [7, 11) is 1.34. The van der Waals surface area contributed by atoms with E-state index in [4.69, 9.17) is 16.6 Å². The normalized spacial score (nSPS) is 15.6. The zero-order valence-corrected chi connectivity index (χ0v) is 18.4. The average molecular weight is 440 g/mol. The molecule has 2 aromatic rings. The monoisotopic (exact) mass is 439 g/mol. The number of carbonyl (C=O) groups is 2. The number of nitrogens with one attached hydrogen (secondary N) is 1. The van der Waals surface area contributed by atoms with E-state index in [9.17, 15) is 9.59 Å². The number of rotatable bonds is 3. The smallest absolute Gasteiger partial charge is 0.317 e. The number of pyridine rings is 1. The van der Waals surface area contributed by atoms with Crippen LogP contribution in [0.3, 0.4) is 0 Å². The molecule has 162 valence electrons. The molecular formula is C24H26ClN3O3. The maximum absolute atomic E-state index is 12.5. The third-order valence-electron chi connectivity index (χ3n) is 5.97. The Hall–Kier alpha value is -2.86. The van der Waals surface area contributed by atoms with Gasteiger partial charge >= 0.3 is 12.0 Å². The molecule has 1 aliphatic heterocycles. The zero-order valence-electron chi connectivity index (χ0n) is 17.6. The molecule has 1 saturated heterocycles. The van der Waals surface area contributed by atoms with Crippen LogP contribution in [0.5, 0.6) is 0 Å². The number of hydrogen-bond acceptors (Lipinski definition) is 4. The topological polar surface area (TPSA) is 71.5 Å². The van der Waals surface area contributed by atoms with Crippen molar-refractivity contribution in [3.63, 3.8) is 0 Å². The molecule has 0 bridgehead atoms. The molecule has 0 atom stereocenters. The van der Waals surface area contributed by atoms with Gasteiger partial charge in [0.15, 0.2) is 0 Å². The first-order chi connectivity index (χ1) is 15.1. The number of fused-ring (bicyclic) bond motifs is 2. The van der Waals surface area contributed by atoms with E-state index in [1.54, 1.807) is 4.90 Å². The van der Waals surface area contributed by atoms with E-state index in [0.717, 1.165) is 36.4 Å². The molecule has 4 rings (SSSR count). The van der Waals surface area contributed by atoms with Crippen LogP contribution in [0, 0.1) is 0 Å². The number of methoxy groups -OCH3 is 1. The third kappa shape index (κ3) is 4.74. The molecule has 0 unspecified atom stereocenters. The van der Waals surface area contributed by atoms with Crippen molar-refractivity contribution in [2.24, 2.45) is 0 Å². The van der Waals surface area contributed by atoms with Crippen molar-refractivity contribution in [3.05, 3.63) is 69.5 Å². The lowest BCUT2D eigenvalue weighted by molar-refractivity contribution is -0.140. The van der Waals surface area contributed by atoms with Gasteiger partial charge in [-0.1, -0.05) is 29.3 Å². The lowest BCUT2D eigenvalue weighted by Crippen LogP contribution is -2.43. The summed E-state index contributed by atoms with van der Waals surface area (Å²) in [6.07, 6.45) is 5.47. The number of piperidine rings is 1. The zero-order chi connectivity index (χ0) is 21.8. The van der Waals surface area contributed by atoms with Crippen molar-refractivity contribution in [2.75, 3.05) is 26.7 Å². The number of ether oxygens (including phenoxy) is 1. The van der Waals surface area contributed by atoms with Crippen LogP contribution < -0.4 is 5.32 Å². The molecule has 0 radical (unpaired) electrons. The Morgan fingerprint density at radius 2 is 1.90 bits per heavy atom. The number of esters is 1. The number of halogens is 1. The first-order valence-electron chi connectivity index (χ1n) is 10.6. The molecule has 0 spiro atoms. The van der Waals surface area contributed by atoms with Gasteiger partial charge in [0.05, 0.1) is 19.2 Å². The second-order valence-electron chi connectivity index (χ2n) is 7.84. The number of nitrogens with zero attached hydrogens (tertiary/aromatic N) is 2. The second kappa shape index (κ2) is 9.52. The largest absolute Gasteiger partial charge is 0.469 e. The Labute approximate surface area is 187 Å². The minimum absolute atomic E-state index is 0.139. The lowest BCUT2D eigenvalue weighted by Gasteiger charge is -2.30. The lowest BCUT2D eigenvalue weighted by atomic mass is 9.88. The van der Waals surface area contributed by atoms with E-state index in [0.29, 0.717) is 13.1 Å². The summed E-state index contributed by atoms with van der Waals surface area (Å²) >= 11 is 6.29. The highest BCUT2D eigenvalue weighted by molar-refractivity contribution is 6.30. The van der Waals surface area contributed by atoms with Gasteiger partial charge in [0.25, 0.3) is 0 Å². The highest BCUT2D eigenvalue weighted by atomic mass is 35.5. The molecule has 6 nitrogen and oxygen atoms in total. The van der Waals surface area contributed by atoms with E-state index in [1.165, 1.54) is 34.9 Å². The number of carbonyl (C=O) groups excluding carboxylic acids is 2. The van der Waals surface area contributed by atoms with E-state index in [2.05, 4.69) is 28.3 Å². The van der Waals surface area contributed by atoms with Gasteiger partial charge in [0, 0.05) is 36.4 Å². The predicted molar refractivity (Wildman–Crippen MR) is 120 cm³/mol. The van der Waals surface area contributed by atoms with Crippen molar-refractivity contribution in [3.8, 4) is 0 Å². The highest BCUT2D eigenvalue weighted by Gasteiger charge is 2.26. The predicted octanol–water partition coefficient (Wildman–Crippen LogP) is 4.00. The quantitative estimate of drug-likeness (QED) is 0.733. The van der Waals surface area contributed by atoms with E-state index in [1.807, 2.05) is 18.3 Å². The third-order valence-corrected chi connectivity index (χ3v) is 6.20. The molecule has 2 amide bonds. The molecule has 1 fully saturated rings. The molecule has 1 N–H and O–H groups in total. The van der Waals surface area contributed by atoms with Gasteiger partial charge in [-0.25, -0.2) is 4.79 Å². The first-order valence-corrected chi connectivity index (χ1v) is 11.0. The number of benzene rings is 1. The standard InChI is InChI=1S/C24H26ClN3O3/c1-31-21(29)8-12-27-24(30)28-13-9-16(10-14-28)22-20-7-6-19(25)15-18(20)5-4-17-3-2-11-26-23(17)22/h2-3,6-7,11,15H,4-5,8-10,12-14H2,1H3,(H,27,30). The van der Waals surface area contributed by atoms with Gasteiger partial charge in [-0.2, -0.15) is 0 Å². The molecule has 1 aliphatic carbocycles. The average Bonchev–Trinajstić information content (AvgIpc) is 2.95. The van der Waals surface area contributed by atoms with Crippen molar-refractivity contribution in [2.45, 2.75) is 32.1 Å². The molecule has 0 saturated carbocycles. The minimum Gasteiger partial charge on any atom is -0.469 e. The Balaban J connectivity index is 1.56. The summed E-state index contributed by atoms with van der Waals surface area (Å²) in [6.45, 7) is 1.54. The Morgan fingerprint density at radius 1 is 1.13 bits per heavy atom. The van der Waals surface area contributed by atoms with Crippen LogP contribution in [-0.4, -0.2) is 48.6 Å². The highest BCUT2D eigenvalue weighted by Crippen LogP contribution is 2.38. The SMILES string of the molecule is COC(=O)CCNC(=O)N1CCC(=C2c3ccc(Cl)cc3CCc3cccnc32)CC1. The molecule has 31 heavy (non-hydrogen) atoms. The van der Waals surface area contributed by atoms with Gasteiger partial charge in [-0.15, -0.1) is 0 Å². The van der Waals surface area contributed by atoms with Crippen LogP contribution in [0.25, 0.3) is 5.57 Å². The van der Waals surface area contributed by atoms with Crippen LogP contribution >= 0.6 is 11.6 Å². The van der Waals surface area contributed by atoms with Crippen LogP contribution in [0.1, 0.15) is 41.6 Å². The molecule has 7 heteroatoms. The molecular weight excluding hydrogens is 414 g/mol. The number of hydrogen-bond donors (Lipinski definition) is 1. The molecule has 1 aromatic heterocycles. The first kappa shape index (κ1) is 21.4. The van der Waals surface area contributed by atoms with Gasteiger partial charge in [0.1, 0.15) is 0 Å². The minimum atomic E-state index is -0.329. The van der Waals surface area contributed by atoms with Gasteiger partial charge < -0.3 is 15.0 Å². The number of aromatic nitrogens is 1. The summed E-state index contributed by atoms with van der Waals surface area (Å²) in [5.74, 6) is -0.329. The fourth-order valence-electron chi connectivity index (χ4n) is 4.35. The van der Waals surface area contributed by atoms with E-state index in [-0.39, 0.29) is 25.0 Å². The number of likely N-dealkylation sites (tertiary alicyclic amines) is 1. The summed E-state index contributed by atoms with van der Waals surface area (Å²) < 4.78 is 4.61. The van der Waals surface area contributed by atoms with Crippen LogP contribution in [0.4, 0.5) is 4.79 Å². The van der Waals surface area contributed by atoms with Crippen molar-refractivity contribution < 1.29 is 14.3 Å². The van der Waals surface area contributed by atoms with Crippen molar-refractivity contribution in [1.82, 2.24) is 15.2 Å². The summed E-state index contributed by atoms with van der Waals surface area (Å²) in [5, 5.41) is 3.55.